The molecule has 5 rings (SSSR count). The maximum absolute atomic E-state index is 15.6. The zero-order valence-electron chi connectivity index (χ0n) is 19.7. The average Bonchev–Trinajstić information content (AvgIpc) is 3.55. The molecule has 0 atom stereocenters. The van der Waals surface area contributed by atoms with E-state index in [1.165, 1.54) is 48.9 Å². The monoisotopic (exact) mass is 510 g/mol. The molecule has 0 bridgehead atoms. The number of halogens is 2. The predicted octanol–water partition coefficient (Wildman–Crippen LogP) is 3.89. The Morgan fingerprint density at radius 1 is 1.11 bits per heavy atom. The van der Waals surface area contributed by atoms with Crippen LogP contribution in [0.3, 0.4) is 0 Å². The van der Waals surface area contributed by atoms with Gasteiger partial charge in [0.15, 0.2) is 0 Å². The second-order valence-corrected chi connectivity index (χ2v) is 9.65. The Morgan fingerprint density at radius 3 is 2.64 bits per heavy atom. The van der Waals surface area contributed by atoms with Crippen molar-refractivity contribution in [2.45, 2.75) is 5.92 Å². The number of hydrogen-bond donors (Lipinski definition) is 1. The van der Waals surface area contributed by atoms with Gasteiger partial charge in [-0.3, -0.25) is 15.2 Å². The first-order valence-electron chi connectivity index (χ1n) is 11.3. The highest BCUT2D eigenvalue weighted by molar-refractivity contribution is 7.17. The van der Waals surface area contributed by atoms with Gasteiger partial charge in [-0.05, 0) is 55.6 Å². The number of nitrogens with zero attached hydrogens (tertiary/aromatic N) is 5. The van der Waals surface area contributed by atoms with Gasteiger partial charge in [-0.1, -0.05) is 0 Å². The van der Waals surface area contributed by atoms with Gasteiger partial charge in [0.25, 0.3) is 5.91 Å². The fourth-order valence-corrected chi connectivity index (χ4v) is 5.07. The Hall–Kier alpha value is -3.70. The summed E-state index contributed by atoms with van der Waals surface area (Å²) in [6.07, 6.45) is 1.44. The minimum Gasteiger partial charge on any atom is -0.464 e. The van der Waals surface area contributed by atoms with Gasteiger partial charge in [-0.15, -0.1) is 11.3 Å². The Kier molecular flexibility index (Phi) is 6.27. The average molecular weight is 511 g/mol. The second kappa shape index (κ2) is 9.40. The fourth-order valence-electron chi connectivity index (χ4n) is 4.13. The number of alkyl halides is 2. The van der Waals surface area contributed by atoms with E-state index in [9.17, 15) is 4.79 Å². The van der Waals surface area contributed by atoms with Crippen LogP contribution in [0.5, 0.6) is 0 Å². The van der Waals surface area contributed by atoms with Gasteiger partial charge in [0.05, 0.1) is 16.0 Å². The number of amides is 1. The number of fused-ring (bicyclic) bond motifs is 1. The highest BCUT2D eigenvalue weighted by atomic mass is 32.1. The maximum Gasteiger partial charge on any atom is 0.331 e. The van der Waals surface area contributed by atoms with Crippen LogP contribution in [0.1, 0.15) is 15.2 Å². The summed E-state index contributed by atoms with van der Waals surface area (Å²) < 4.78 is 37.4. The Morgan fingerprint density at radius 2 is 1.89 bits per heavy atom. The lowest BCUT2D eigenvalue weighted by Gasteiger charge is -2.32. The van der Waals surface area contributed by atoms with E-state index in [-0.39, 0.29) is 17.0 Å². The molecule has 0 aliphatic carbocycles. The van der Waals surface area contributed by atoms with Crippen LogP contribution >= 0.6 is 11.3 Å². The number of carbonyl (C=O) groups is 1. The van der Waals surface area contributed by atoms with Gasteiger partial charge >= 0.3 is 5.92 Å². The number of thiophene rings is 1. The number of rotatable bonds is 4. The summed E-state index contributed by atoms with van der Waals surface area (Å²) in [7, 11) is 3.27. The van der Waals surface area contributed by atoms with Crippen LogP contribution in [0.15, 0.2) is 64.2 Å². The molecule has 0 unspecified atom stereocenters. The molecule has 1 N–H and O–H groups in total. The Balaban J connectivity index is 1.46. The molecule has 3 aromatic heterocycles. The highest BCUT2D eigenvalue weighted by Crippen LogP contribution is 2.33. The van der Waals surface area contributed by atoms with Crippen molar-refractivity contribution >= 4 is 34.0 Å². The summed E-state index contributed by atoms with van der Waals surface area (Å²) in [4.78, 5) is 21.9. The van der Waals surface area contributed by atoms with Gasteiger partial charge in [-0.2, -0.15) is 18.6 Å². The number of aliphatic imine (C=N–C) groups is 1. The molecule has 0 radical (unpaired) electrons. The van der Waals surface area contributed by atoms with E-state index in [0.717, 1.165) is 17.8 Å². The second-order valence-electron chi connectivity index (χ2n) is 8.57. The number of hydrogen-bond acceptors (Lipinski definition) is 7. The molecule has 0 spiro atoms. The third-order valence-corrected chi connectivity index (χ3v) is 7.30. The number of benzene rings is 1. The normalized spacial score (nSPS) is 15.6. The van der Waals surface area contributed by atoms with Gasteiger partial charge in [0.1, 0.15) is 16.8 Å². The first kappa shape index (κ1) is 24.0. The van der Waals surface area contributed by atoms with Crippen molar-refractivity contribution < 1.29 is 18.0 Å². The smallest absolute Gasteiger partial charge is 0.331 e. The van der Waals surface area contributed by atoms with E-state index in [4.69, 9.17) is 9.83 Å². The van der Waals surface area contributed by atoms with E-state index in [2.05, 4.69) is 15.0 Å². The predicted molar refractivity (Wildman–Crippen MR) is 134 cm³/mol. The lowest BCUT2D eigenvalue weighted by Crippen LogP contribution is -2.46. The van der Waals surface area contributed by atoms with Crippen molar-refractivity contribution in [3.8, 4) is 10.6 Å². The lowest BCUT2D eigenvalue weighted by molar-refractivity contribution is 0.0668. The first-order valence-corrected chi connectivity index (χ1v) is 12.2. The van der Waals surface area contributed by atoms with E-state index in [1.54, 1.807) is 24.3 Å². The largest absolute Gasteiger partial charge is 0.464 e. The van der Waals surface area contributed by atoms with Crippen LogP contribution in [-0.2, 0) is 5.92 Å². The summed E-state index contributed by atoms with van der Waals surface area (Å²) in [6.45, 7) is 2.95. The number of furan rings is 1. The number of aromatic nitrogens is 2. The SMILES string of the molecule is C/N=C(\n1nc(-c2ccc(C(=O)N3CCN(C)CC3)s2)ccc1=N)C(F)(F)c1ccc2occc2c1. The van der Waals surface area contributed by atoms with Gasteiger partial charge in [0, 0.05) is 44.2 Å². The van der Waals surface area contributed by atoms with Crippen molar-refractivity contribution in [2.75, 3.05) is 40.3 Å². The van der Waals surface area contributed by atoms with Crippen molar-refractivity contribution in [2.24, 2.45) is 4.99 Å². The van der Waals surface area contributed by atoms with Crippen LogP contribution < -0.4 is 5.49 Å². The maximum atomic E-state index is 15.6. The number of carbonyl (C=O) groups excluding carboxylic acids is 1. The first-order chi connectivity index (χ1) is 17.3. The van der Waals surface area contributed by atoms with Crippen LogP contribution in [0.4, 0.5) is 8.78 Å². The topological polar surface area (TPSA) is 90.7 Å². The standard InChI is InChI=1S/C25H24F2N6O2S/c1-29-24(25(26,27)17-3-5-19-16(15-17)9-14-35-19)33-22(28)8-4-18(30-33)20-6-7-21(36-20)23(34)32-12-10-31(2)11-13-32/h3-9,14-15,28H,10-13H2,1-2H3/b28-22?,29-24-. The van der Waals surface area contributed by atoms with Crippen LogP contribution in [-0.4, -0.2) is 71.6 Å². The fraction of sp³-hybridized carbons (Fsp3) is 0.280. The minimum absolute atomic E-state index is 0.0543. The molecule has 36 heavy (non-hydrogen) atoms. The van der Waals surface area contributed by atoms with Crippen molar-refractivity contribution in [1.82, 2.24) is 19.6 Å². The number of likely N-dealkylation sites (N-methyl/N-ethyl adjacent to an activating group) is 1. The summed E-state index contributed by atoms with van der Waals surface area (Å²) in [6, 6.07) is 12.2. The van der Waals surface area contributed by atoms with Gasteiger partial charge in [-0.25, -0.2) is 0 Å². The third-order valence-electron chi connectivity index (χ3n) is 6.20. The molecule has 186 valence electrons. The lowest BCUT2D eigenvalue weighted by atomic mass is 10.1. The molecule has 4 aromatic rings. The van der Waals surface area contributed by atoms with E-state index in [1.807, 2.05) is 11.9 Å². The zero-order chi connectivity index (χ0) is 25.4. The van der Waals surface area contributed by atoms with Crippen molar-refractivity contribution in [3.05, 3.63) is 70.7 Å². The molecule has 0 saturated carbocycles. The van der Waals surface area contributed by atoms with Crippen LogP contribution in [0, 0.1) is 5.41 Å². The minimum atomic E-state index is -3.52. The molecule has 1 saturated heterocycles. The highest BCUT2D eigenvalue weighted by Gasteiger charge is 2.40. The molecular weight excluding hydrogens is 486 g/mol. The van der Waals surface area contributed by atoms with E-state index in [0.29, 0.717) is 39.5 Å². The summed E-state index contributed by atoms with van der Waals surface area (Å²) >= 11 is 1.25. The molecule has 4 heterocycles. The summed E-state index contributed by atoms with van der Waals surface area (Å²) in [5, 5.41) is 13.1. The van der Waals surface area contributed by atoms with Crippen molar-refractivity contribution in [3.63, 3.8) is 0 Å². The van der Waals surface area contributed by atoms with Crippen LogP contribution in [0.25, 0.3) is 21.5 Å². The van der Waals surface area contributed by atoms with Crippen molar-refractivity contribution in [1.29, 1.82) is 5.41 Å². The quantitative estimate of drug-likeness (QED) is 0.333. The molecule has 1 amide bonds. The molecule has 1 fully saturated rings. The van der Waals surface area contributed by atoms with Crippen LogP contribution in [0.2, 0.25) is 0 Å². The van der Waals surface area contributed by atoms with Gasteiger partial charge in [0.2, 0.25) is 5.84 Å². The molecule has 1 aromatic carbocycles. The number of nitrogens with one attached hydrogen (secondary N) is 1. The third kappa shape index (κ3) is 4.35. The Bertz CT molecular complexity index is 1510. The molecule has 1 aliphatic rings. The molecule has 11 heteroatoms. The zero-order valence-corrected chi connectivity index (χ0v) is 20.6. The summed E-state index contributed by atoms with van der Waals surface area (Å²) in [5.74, 6) is -4.26. The van der Waals surface area contributed by atoms with Gasteiger partial charge < -0.3 is 14.2 Å². The summed E-state index contributed by atoms with van der Waals surface area (Å²) in [5.41, 5.74) is 0.342. The van der Waals surface area contributed by atoms with E-state index < -0.39 is 11.8 Å². The molecule has 8 nitrogen and oxygen atoms in total. The number of piperazine rings is 1. The Labute approximate surface area is 209 Å². The molecule has 1 aliphatic heterocycles. The van der Waals surface area contributed by atoms with E-state index >= 15 is 8.78 Å². The molecular formula is C25H24F2N6O2S.